The fourth-order valence-corrected chi connectivity index (χ4v) is 7.09. The summed E-state index contributed by atoms with van der Waals surface area (Å²) in [5.74, 6) is 2.93. The van der Waals surface area contributed by atoms with E-state index in [1.165, 1.54) is 55.2 Å². The molecule has 3 aromatic rings. The molecule has 0 aliphatic carbocycles. The molecule has 3 aliphatic rings. The molecular weight excluding hydrogens is 488 g/mol. The predicted molar refractivity (Wildman–Crippen MR) is 169 cm³/mol. The molecule has 0 saturated carbocycles. The van der Waals surface area contributed by atoms with Gasteiger partial charge in [0.05, 0.1) is 11.6 Å². The smallest absolute Gasteiger partial charge is 0.207 e. The molecule has 3 aromatic carbocycles. The number of hydrogen-bond acceptors (Lipinski definition) is 2. The molecule has 0 aromatic heterocycles. The number of likely N-dealkylation sites (N-methyl/N-ethyl adjacent to an activating group) is 1. The van der Waals surface area contributed by atoms with Crippen molar-refractivity contribution < 1.29 is 4.74 Å². The van der Waals surface area contributed by atoms with E-state index in [0.29, 0.717) is 11.8 Å². The fourth-order valence-electron chi connectivity index (χ4n) is 7.09. The second-order valence-electron chi connectivity index (χ2n) is 13.7. The molecule has 0 saturated heterocycles. The van der Waals surface area contributed by atoms with Crippen LogP contribution in [0.15, 0.2) is 54.6 Å². The van der Waals surface area contributed by atoms with Gasteiger partial charge in [-0.15, -0.1) is 0 Å². The Hall–Kier alpha value is -3.33. The molecule has 6 rings (SSSR count). The molecule has 3 heteroatoms. The molecular formula is C37H45N2O+. The van der Waals surface area contributed by atoms with E-state index in [0.717, 1.165) is 24.3 Å². The molecule has 1 atom stereocenters. The van der Waals surface area contributed by atoms with Crippen molar-refractivity contribution in [3.63, 3.8) is 0 Å². The minimum absolute atomic E-state index is 0.0559. The van der Waals surface area contributed by atoms with Gasteiger partial charge in [0, 0.05) is 52.7 Å². The Kier molecular flexibility index (Phi) is 6.11. The molecule has 0 bridgehead atoms. The van der Waals surface area contributed by atoms with E-state index in [1.807, 2.05) is 0 Å². The average molecular weight is 534 g/mol. The summed E-state index contributed by atoms with van der Waals surface area (Å²) in [6, 6.07) is 18.6. The Labute approximate surface area is 240 Å². The van der Waals surface area contributed by atoms with Gasteiger partial charge >= 0.3 is 0 Å². The van der Waals surface area contributed by atoms with Gasteiger partial charge in [-0.05, 0) is 81.7 Å². The predicted octanol–water partition coefficient (Wildman–Crippen LogP) is 7.59. The molecule has 0 fully saturated rings. The molecule has 208 valence electrons. The van der Waals surface area contributed by atoms with Crippen LogP contribution in [-0.2, 0) is 0 Å². The summed E-state index contributed by atoms with van der Waals surface area (Å²) in [5.41, 5.74) is 10.4. The third kappa shape index (κ3) is 4.04. The summed E-state index contributed by atoms with van der Waals surface area (Å²) in [4.78, 5) is 2.38. The maximum Gasteiger partial charge on any atom is 0.207 e. The van der Waals surface area contributed by atoms with Crippen LogP contribution in [0, 0.1) is 0 Å². The second-order valence-corrected chi connectivity index (χ2v) is 13.7. The molecule has 3 heterocycles. The lowest BCUT2D eigenvalue weighted by Crippen LogP contribution is -2.50. The fraction of sp³-hybridized carbons (Fsp3) is 0.432. The molecule has 3 aliphatic heterocycles. The van der Waals surface area contributed by atoms with Gasteiger partial charge in [0.15, 0.2) is 5.54 Å². The largest absolute Gasteiger partial charge is 0.456 e. The second kappa shape index (κ2) is 9.09. The number of benzene rings is 3. The highest BCUT2D eigenvalue weighted by Gasteiger charge is 2.39. The normalized spacial score (nSPS) is 20.3. The Morgan fingerprint density at radius 2 is 1.68 bits per heavy atom. The highest BCUT2D eigenvalue weighted by molar-refractivity contribution is 5.91. The van der Waals surface area contributed by atoms with E-state index in [4.69, 9.17) is 4.74 Å². The lowest BCUT2D eigenvalue weighted by atomic mass is 9.79. The molecule has 0 spiro atoms. The molecule has 0 N–H and O–H groups in total. The van der Waals surface area contributed by atoms with Gasteiger partial charge in [-0.3, -0.25) is 0 Å². The third-order valence-corrected chi connectivity index (χ3v) is 10.0. The number of anilines is 1. The summed E-state index contributed by atoms with van der Waals surface area (Å²) >= 11 is 0. The van der Waals surface area contributed by atoms with Gasteiger partial charge in [-0.1, -0.05) is 51.1 Å². The number of rotatable bonds is 3. The Morgan fingerprint density at radius 1 is 0.975 bits per heavy atom. The third-order valence-electron chi connectivity index (χ3n) is 10.0. The van der Waals surface area contributed by atoms with Gasteiger partial charge in [0.1, 0.15) is 18.5 Å². The van der Waals surface area contributed by atoms with Crippen LogP contribution in [0.5, 0.6) is 11.5 Å². The molecule has 1 unspecified atom stereocenters. The lowest BCUT2D eigenvalue weighted by molar-refractivity contribution is 0.282. The van der Waals surface area contributed by atoms with Crippen LogP contribution < -0.4 is 24.8 Å². The Balaban J connectivity index is 1.70. The number of nitrogens with zero attached hydrogens (tertiary/aromatic N) is 2. The lowest BCUT2D eigenvalue weighted by Gasteiger charge is -2.41. The first-order valence-corrected chi connectivity index (χ1v) is 15.0. The molecule has 3 nitrogen and oxygen atoms in total. The van der Waals surface area contributed by atoms with E-state index < -0.39 is 0 Å². The molecule has 0 amide bonds. The van der Waals surface area contributed by atoms with E-state index in [-0.39, 0.29) is 11.1 Å². The molecule has 0 radical (unpaired) electrons. The highest BCUT2D eigenvalue weighted by Crippen LogP contribution is 2.46. The van der Waals surface area contributed by atoms with E-state index in [9.17, 15) is 0 Å². The van der Waals surface area contributed by atoms with Gasteiger partial charge in [0.2, 0.25) is 5.36 Å². The summed E-state index contributed by atoms with van der Waals surface area (Å²) < 4.78 is 9.33. The van der Waals surface area contributed by atoms with Crippen molar-refractivity contribution in [2.24, 2.45) is 0 Å². The van der Waals surface area contributed by atoms with Crippen molar-refractivity contribution in [2.45, 2.75) is 91.1 Å². The summed E-state index contributed by atoms with van der Waals surface area (Å²) in [6.07, 6.45) is 4.68. The van der Waals surface area contributed by atoms with Crippen molar-refractivity contribution in [2.75, 3.05) is 19.0 Å². The van der Waals surface area contributed by atoms with E-state index in [1.54, 1.807) is 0 Å². The van der Waals surface area contributed by atoms with Crippen molar-refractivity contribution in [3.05, 3.63) is 93.0 Å². The van der Waals surface area contributed by atoms with E-state index >= 15 is 0 Å². The Bertz CT molecular complexity index is 1690. The van der Waals surface area contributed by atoms with Crippen LogP contribution in [0.3, 0.4) is 0 Å². The zero-order valence-corrected chi connectivity index (χ0v) is 26.1. The highest BCUT2D eigenvalue weighted by atomic mass is 16.5. The summed E-state index contributed by atoms with van der Waals surface area (Å²) in [6.45, 7) is 18.4. The average Bonchev–Trinajstić information content (AvgIpc) is 2.91. The number of hydrogen-bond donors (Lipinski definition) is 0. The number of allylic oxidation sites excluding steroid dienone is 1. The first-order valence-electron chi connectivity index (χ1n) is 15.0. The SMILES string of the molecule is CCC1CC(C)(C)[N+](C)=c2cc3c(cc21)=C(c1ccc(C(C)C)cc1)c1cc2c(cc1O3)N(C)C(C)(C)C=C2C. The minimum Gasteiger partial charge on any atom is -0.456 e. The van der Waals surface area contributed by atoms with Gasteiger partial charge in [-0.2, -0.15) is 0 Å². The topological polar surface area (TPSA) is 15.5 Å². The van der Waals surface area contributed by atoms with Crippen LogP contribution in [0.2, 0.25) is 0 Å². The van der Waals surface area contributed by atoms with Crippen molar-refractivity contribution >= 4 is 16.8 Å². The van der Waals surface area contributed by atoms with E-state index in [2.05, 4.69) is 134 Å². The first-order chi connectivity index (χ1) is 18.8. The van der Waals surface area contributed by atoms with Gasteiger partial charge < -0.3 is 9.64 Å². The van der Waals surface area contributed by atoms with Crippen LogP contribution in [0.1, 0.15) is 108 Å². The maximum absolute atomic E-state index is 6.87. The first kappa shape index (κ1) is 26.9. The van der Waals surface area contributed by atoms with Crippen molar-refractivity contribution in [1.29, 1.82) is 0 Å². The summed E-state index contributed by atoms with van der Waals surface area (Å²) in [7, 11) is 4.43. The van der Waals surface area contributed by atoms with Crippen LogP contribution >= 0.6 is 0 Å². The summed E-state index contributed by atoms with van der Waals surface area (Å²) in [5, 5.41) is 2.51. The number of fused-ring (bicyclic) bond motifs is 4. The Morgan fingerprint density at radius 3 is 2.33 bits per heavy atom. The molecule has 40 heavy (non-hydrogen) atoms. The van der Waals surface area contributed by atoms with Crippen molar-refractivity contribution in [1.82, 2.24) is 4.58 Å². The monoisotopic (exact) mass is 533 g/mol. The van der Waals surface area contributed by atoms with Crippen LogP contribution in [0.25, 0.3) is 11.1 Å². The van der Waals surface area contributed by atoms with Crippen LogP contribution in [0.4, 0.5) is 5.69 Å². The minimum atomic E-state index is -0.0559. The quantitative estimate of drug-likeness (QED) is 0.252. The zero-order valence-electron chi connectivity index (χ0n) is 26.1. The zero-order chi connectivity index (χ0) is 28.7. The van der Waals surface area contributed by atoms with Gasteiger partial charge in [0.25, 0.3) is 0 Å². The van der Waals surface area contributed by atoms with Gasteiger partial charge in [-0.25, -0.2) is 4.58 Å². The number of ether oxygens (including phenoxy) is 1. The van der Waals surface area contributed by atoms with Crippen LogP contribution in [-0.4, -0.2) is 25.2 Å². The maximum atomic E-state index is 6.87. The standard InChI is InChI=1S/C37H45N2O/c1-11-24-21-37(7,8)39(10)32-19-34-30(17-28(24)32)35(26-14-12-25(13-15-26)22(2)3)29-16-27-23(4)20-36(5,6)38(9)31(27)18-33(29)40-34/h12-20,22,24H,11,21H2,1-10H3/q+1. The van der Waals surface area contributed by atoms with Crippen molar-refractivity contribution in [3.8, 4) is 11.5 Å².